The van der Waals surface area contributed by atoms with Crippen molar-refractivity contribution in [2.24, 2.45) is 0 Å². The van der Waals surface area contributed by atoms with Gasteiger partial charge in [-0.05, 0) is 20.0 Å². The van der Waals surface area contributed by atoms with Crippen LogP contribution >= 0.6 is 0 Å². The Balaban J connectivity index is 2.62. The van der Waals surface area contributed by atoms with Crippen LogP contribution in [0.1, 0.15) is 6.42 Å². The van der Waals surface area contributed by atoms with Crippen LogP contribution in [-0.4, -0.2) is 28.4 Å². The molecule has 0 fully saturated rings. The molecule has 1 aromatic rings. The lowest BCUT2D eigenvalue weighted by molar-refractivity contribution is 0.586. The normalized spacial score (nSPS) is 10.4. The standard InChI is InChI=1S/C6H12N4O2/c1-7-3-2-4-10-5(11)8-9-6(10)12/h7H,2-4H2,1H3,(H,8,11)(H,9,12). The van der Waals surface area contributed by atoms with E-state index < -0.39 is 0 Å². The Hall–Kier alpha value is -1.30. The van der Waals surface area contributed by atoms with Crippen LogP contribution in [-0.2, 0) is 6.54 Å². The molecule has 0 unspecified atom stereocenters. The Morgan fingerprint density at radius 1 is 1.33 bits per heavy atom. The minimum Gasteiger partial charge on any atom is -0.320 e. The molecule has 0 aliphatic rings. The molecule has 6 heteroatoms. The van der Waals surface area contributed by atoms with Gasteiger partial charge in [0.05, 0.1) is 0 Å². The van der Waals surface area contributed by atoms with Crippen molar-refractivity contribution in [2.75, 3.05) is 13.6 Å². The van der Waals surface area contributed by atoms with Crippen molar-refractivity contribution in [2.45, 2.75) is 13.0 Å². The molecular formula is C6H12N4O2. The molecule has 0 saturated heterocycles. The summed E-state index contributed by atoms with van der Waals surface area (Å²) < 4.78 is 1.14. The van der Waals surface area contributed by atoms with E-state index in [4.69, 9.17) is 0 Å². The summed E-state index contributed by atoms with van der Waals surface area (Å²) in [6, 6.07) is 0. The van der Waals surface area contributed by atoms with Crippen LogP contribution in [0.3, 0.4) is 0 Å². The van der Waals surface area contributed by atoms with E-state index in [0.29, 0.717) is 6.54 Å². The quantitative estimate of drug-likeness (QED) is 0.482. The van der Waals surface area contributed by atoms with Gasteiger partial charge in [-0.2, -0.15) is 0 Å². The van der Waals surface area contributed by atoms with Crippen LogP contribution < -0.4 is 16.7 Å². The topological polar surface area (TPSA) is 82.7 Å². The minimum absolute atomic E-state index is 0.379. The molecule has 3 N–H and O–H groups in total. The van der Waals surface area contributed by atoms with E-state index in [1.165, 1.54) is 0 Å². The lowest BCUT2D eigenvalue weighted by Crippen LogP contribution is -2.27. The van der Waals surface area contributed by atoms with Crippen molar-refractivity contribution in [1.82, 2.24) is 20.1 Å². The number of hydrogen-bond donors (Lipinski definition) is 3. The number of nitrogens with one attached hydrogen (secondary N) is 3. The first-order valence-electron chi connectivity index (χ1n) is 3.78. The molecule has 0 aliphatic carbocycles. The average Bonchev–Trinajstić information content (AvgIpc) is 2.35. The summed E-state index contributed by atoms with van der Waals surface area (Å²) in [5, 5.41) is 7.36. The molecular weight excluding hydrogens is 160 g/mol. The summed E-state index contributed by atoms with van der Waals surface area (Å²) in [6.45, 7) is 1.23. The zero-order valence-electron chi connectivity index (χ0n) is 6.89. The van der Waals surface area contributed by atoms with Gasteiger partial charge in [-0.3, -0.25) is 0 Å². The molecule has 1 heterocycles. The van der Waals surface area contributed by atoms with Crippen LogP contribution in [0.2, 0.25) is 0 Å². The summed E-state index contributed by atoms with van der Waals surface area (Å²) in [5.41, 5.74) is -0.757. The Labute approximate surface area is 68.6 Å². The maximum Gasteiger partial charge on any atom is 0.344 e. The van der Waals surface area contributed by atoms with Crippen molar-refractivity contribution in [1.29, 1.82) is 0 Å². The van der Waals surface area contributed by atoms with Crippen molar-refractivity contribution < 1.29 is 0 Å². The fraction of sp³-hybridized carbons (Fsp3) is 0.667. The van der Waals surface area contributed by atoms with Gasteiger partial charge in [-0.15, -0.1) is 0 Å². The maximum atomic E-state index is 10.9. The van der Waals surface area contributed by atoms with Crippen molar-refractivity contribution >= 4 is 0 Å². The first-order chi connectivity index (χ1) is 5.75. The molecule has 0 aromatic carbocycles. The van der Waals surface area contributed by atoms with Crippen molar-refractivity contribution in [3.8, 4) is 0 Å². The van der Waals surface area contributed by atoms with E-state index in [9.17, 15) is 9.59 Å². The zero-order chi connectivity index (χ0) is 8.97. The van der Waals surface area contributed by atoms with Crippen LogP contribution in [0.5, 0.6) is 0 Å². The Morgan fingerprint density at radius 2 is 1.92 bits per heavy atom. The number of rotatable bonds is 4. The smallest absolute Gasteiger partial charge is 0.320 e. The summed E-state index contributed by atoms with van der Waals surface area (Å²) in [6.07, 6.45) is 0.761. The van der Waals surface area contributed by atoms with Gasteiger partial charge < -0.3 is 5.32 Å². The third kappa shape index (κ3) is 1.85. The second-order valence-electron chi connectivity index (χ2n) is 2.47. The van der Waals surface area contributed by atoms with Gasteiger partial charge in [-0.25, -0.2) is 24.4 Å². The average molecular weight is 172 g/mol. The first kappa shape index (κ1) is 8.79. The van der Waals surface area contributed by atoms with Crippen LogP contribution in [0.15, 0.2) is 9.59 Å². The third-order valence-corrected chi connectivity index (χ3v) is 1.58. The largest absolute Gasteiger partial charge is 0.344 e. The van der Waals surface area contributed by atoms with Crippen molar-refractivity contribution in [3.63, 3.8) is 0 Å². The van der Waals surface area contributed by atoms with E-state index in [-0.39, 0.29) is 11.4 Å². The molecule has 0 spiro atoms. The highest BCUT2D eigenvalue weighted by Gasteiger charge is 2.00. The molecule has 0 saturated carbocycles. The summed E-state index contributed by atoms with van der Waals surface area (Å²) in [5.74, 6) is 0. The first-order valence-corrected chi connectivity index (χ1v) is 3.78. The van der Waals surface area contributed by atoms with Gasteiger partial charge in [0.25, 0.3) is 0 Å². The Morgan fingerprint density at radius 3 is 2.42 bits per heavy atom. The highest BCUT2D eigenvalue weighted by molar-refractivity contribution is 4.65. The molecule has 68 valence electrons. The SMILES string of the molecule is CNCCCn1c(=O)[nH][nH]c1=O. The minimum atomic E-state index is -0.379. The van der Waals surface area contributed by atoms with Crippen molar-refractivity contribution in [3.05, 3.63) is 21.0 Å². The van der Waals surface area contributed by atoms with Crippen LogP contribution in [0, 0.1) is 0 Å². The number of aromatic nitrogens is 3. The number of aromatic amines is 2. The summed E-state index contributed by atoms with van der Waals surface area (Å²) in [4.78, 5) is 21.8. The number of H-pyrrole nitrogens is 2. The molecule has 0 amide bonds. The molecule has 6 nitrogen and oxygen atoms in total. The zero-order valence-corrected chi connectivity index (χ0v) is 6.89. The fourth-order valence-electron chi connectivity index (χ4n) is 0.951. The lowest BCUT2D eigenvalue weighted by atomic mass is 10.4. The monoisotopic (exact) mass is 172 g/mol. The second-order valence-corrected chi connectivity index (χ2v) is 2.47. The van der Waals surface area contributed by atoms with Gasteiger partial charge >= 0.3 is 11.4 Å². The summed E-state index contributed by atoms with van der Waals surface area (Å²) >= 11 is 0. The molecule has 1 aromatic heterocycles. The van der Waals surface area contributed by atoms with Crippen LogP contribution in [0.25, 0.3) is 0 Å². The number of hydrogen-bond acceptors (Lipinski definition) is 3. The van der Waals surface area contributed by atoms with E-state index in [1.54, 1.807) is 0 Å². The lowest BCUT2D eigenvalue weighted by Gasteiger charge is -1.97. The van der Waals surface area contributed by atoms with Gasteiger partial charge in [0.2, 0.25) is 0 Å². The Kier molecular flexibility index (Phi) is 2.87. The molecule has 0 bridgehead atoms. The summed E-state index contributed by atoms with van der Waals surface area (Å²) in [7, 11) is 1.82. The van der Waals surface area contributed by atoms with Gasteiger partial charge in [0.15, 0.2) is 0 Å². The number of nitrogens with zero attached hydrogens (tertiary/aromatic N) is 1. The van der Waals surface area contributed by atoms with Gasteiger partial charge in [0, 0.05) is 6.54 Å². The molecule has 0 atom stereocenters. The fourth-order valence-corrected chi connectivity index (χ4v) is 0.951. The predicted molar refractivity (Wildman–Crippen MR) is 44.2 cm³/mol. The molecule has 1 rings (SSSR count). The predicted octanol–water partition coefficient (Wildman–Crippen LogP) is -1.53. The third-order valence-electron chi connectivity index (χ3n) is 1.58. The van der Waals surface area contributed by atoms with E-state index >= 15 is 0 Å². The van der Waals surface area contributed by atoms with Crippen LogP contribution in [0.4, 0.5) is 0 Å². The second kappa shape index (κ2) is 3.91. The van der Waals surface area contributed by atoms with Gasteiger partial charge in [0.1, 0.15) is 0 Å². The molecule has 12 heavy (non-hydrogen) atoms. The highest BCUT2D eigenvalue weighted by Crippen LogP contribution is 1.77. The molecule has 0 aliphatic heterocycles. The van der Waals surface area contributed by atoms with E-state index in [2.05, 4.69) is 15.5 Å². The van der Waals surface area contributed by atoms with E-state index in [1.807, 2.05) is 7.05 Å². The van der Waals surface area contributed by atoms with E-state index in [0.717, 1.165) is 17.5 Å². The Bertz CT molecular complexity index is 306. The highest BCUT2D eigenvalue weighted by atomic mass is 16.2. The molecule has 0 radical (unpaired) electrons. The maximum absolute atomic E-state index is 10.9. The van der Waals surface area contributed by atoms with Gasteiger partial charge in [-0.1, -0.05) is 0 Å².